The minimum absolute atomic E-state index is 0.0332. The lowest BCUT2D eigenvalue weighted by atomic mass is 10.0. The van der Waals surface area contributed by atoms with Crippen molar-refractivity contribution in [2.75, 3.05) is 32.7 Å². The van der Waals surface area contributed by atoms with Gasteiger partial charge in [-0.3, -0.25) is 14.5 Å². The standard InChI is InChI=1S/C18H24BrN3O2/c19-15-6-3-5-14(11-15)16-7-4-10-22(16)13-17(23)20-12-18(24)21-8-1-2-9-21/h3,5-6,11,16H,1-2,4,7-10,12-13H2,(H,20,23)/t16-/m0/s1. The van der Waals surface area contributed by atoms with Gasteiger partial charge in [0.25, 0.3) is 0 Å². The van der Waals surface area contributed by atoms with Crippen LogP contribution in [0.1, 0.15) is 37.3 Å². The van der Waals surface area contributed by atoms with Gasteiger partial charge in [0.05, 0.1) is 13.1 Å². The third-order valence-corrected chi connectivity index (χ3v) is 5.33. The van der Waals surface area contributed by atoms with Crippen LogP contribution in [0, 0.1) is 0 Å². The minimum Gasteiger partial charge on any atom is -0.346 e. The summed E-state index contributed by atoms with van der Waals surface area (Å²) in [5.74, 6) is -0.0322. The first-order valence-corrected chi connectivity index (χ1v) is 9.47. The Balaban J connectivity index is 1.50. The summed E-state index contributed by atoms with van der Waals surface area (Å²) < 4.78 is 1.06. The Morgan fingerprint density at radius 2 is 1.96 bits per heavy atom. The molecule has 1 aromatic carbocycles. The van der Waals surface area contributed by atoms with Crippen LogP contribution < -0.4 is 5.32 Å². The summed E-state index contributed by atoms with van der Waals surface area (Å²) in [7, 11) is 0. The molecule has 2 aliphatic rings. The molecular weight excluding hydrogens is 370 g/mol. The number of rotatable bonds is 5. The number of likely N-dealkylation sites (tertiary alicyclic amines) is 2. The SMILES string of the molecule is O=C(CN1CCC[C@H]1c1cccc(Br)c1)NCC(=O)N1CCCC1. The van der Waals surface area contributed by atoms with Crippen molar-refractivity contribution in [3.8, 4) is 0 Å². The van der Waals surface area contributed by atoms with Crippen molar-refractivity contribution in [2.45, 2.75) is 31.7 Å². The molecule has 0 aromatic heterocycles. The average molecular weight is 394 g/mol. The highest BCUT2D eigenvalue weighted by Crippen LogP contribution is 2.32. The highest BCUT2D eigenvalue weighted by molar-refractivity contribution is 9.10. The van der Waals surface area contributed by atoms with Crippen molar-refractivity contribution >= 4 is 27.7 Å². The molecule has 3 rings (SSSR count). The van der Waals surface area contributed by atoms with Crippen molar-refractivity contribution in [3.63, 3.8) is 0 Å². The van der Waals surface area contributed by atoms with Gasteiger partial charge in [0.2, 0.25) is 11.8 Å². The molecule has 6 heteroatoms. The van der Waals surface area contributed by atoms with Crippen LogP contribution in [0.3, 0.4) is 0 Å². The van der Waals surface area contributed by atoms with Gasteiger partial charge in [-0.25, -0.2) is 0 Å². The zero-order chi connectivity index (χ0) is 16.9. The van der Waals surface area contributed by atoms with Gasteiger partial charge < -0.3 is 10.2 Å². The predicted molar refractivity (Wildman–Crippen MR) is 96.5 cm³/mol. The van der Waals surface area contributed by atoms with Gasteiger partial charge in [-0.2, -0.15) is 0 Å². The lowest BCUT2D eigenvalue weighted by Crippen LogP contribution is -2.42. The first-order chi connectivity index (χ1) is 11.6. The van der Waals surface area contributed by atoms with E-state index in [0.717, 1.165) is 49.8 Å². The van der Waals surface area contributed by atoms with Crippen molar-refractivity contribution in [1.29, 1.82) is 0 Å². The molecule has 2 fully saturated rings. The molecule has 1 atom stereocenters. The molecule has 0 unspecified atom stereocenters. The summed E-state index contributed by atoms with van der Waals surface area (Å²) in [5, 5.41) is 2.79. The Hall–Kier alpha value is -1.40. The highest BCUT2D eigenvalue weighted by atomic mass is 79.9. The molecular formula is C18H24BrN3O2. The van der Waals surface area contributed by atoms with Crippen molar-refractivity contribution in [3.05, 3.63) is 34.3 Å². The van der Waals surface area contributed by atoms with Crippen LogP contribution in [0.2, 0.25) is 0 Å². The fraction of sp³-hybridized carbons (Fsp3) is 0.556. The molecule has 2 heterocycles. The van der Waals surface area contributed by atoms with Gasteiger partial charge in [0.1, 0.15) is 0 Å². The summed E-state index contributed by atoms with van der Waals surface area (Å²) >= 11 is 3.51. The molecule has 130 valence electrons. The molecule has 1 N–H and O–H groups in total. The molecule has 0 saturated carbocycles. The van der Waals surface area contributed by atoms with Gasteiger partial charge in [0.15, 0.2) is 0 Å². The van der Waals surface area contributed by atoms with E-state index in [9.17, 15) is 9.59 Å². The quantitative estimate of drug-likeness (QED) is 0.834. The number of hydrogen-bond acceptors (Lipinski definition) is 3. The molecule has 1 aromatic rings. The molecule has 0 aliphatic carbocycles. The topological polar surface area (TPSA) is 52.7 Å². The van der Waals surface area contributed by atoms with E-state index in [1.165, 1.54) is 5.56 Å². The Morgan fingerprint density at radius 3 is 2.71 bits per heavy atom. The zero-order valence-corrected chi connectivity index (χ0v) is 15.4. The van der Waals surface area contributed by atoms with E-state index in [-0.39, 0.29) is 24.4 Å². The van der Waals surface area contributed by atoms with Crippen molar-refractivity contribution < 1.29 is 9.59 Å². The van der Waals surface area contributed by atoms with E-state index in [4.69, 9.17) is 0 Å². The predicted octanol–water partition coefficient (Wildman–Crippen LogP) is 2.32. The number of nitrogens with zero attached hydrogens (tertiary/aromatic N) is 2. The molecule has 2 amide bonds. The van der Waals surface area contributed by atoms with Crippen LogP contribution >= 0.6 is 15.9 Å². The molecule has 0 spiro atoms. The Kier molecular flexibility index (Phi) is 5.89. The summed E-state index contributed by atoms with van der Waals surface area (Å²) in [6.45, 7) is 3.04. The van der Waals surface area contributed by atoms with Crippen LogP contribution in [-0.4, -0.2) is 54.3 Å². The number of nitrogens with one attached hydrogen (secondary N) is 1. The maximum atomic E-state index is 12.2. The lowest BCUT2D eigenvalue weighted by molar-refractivity contribution is -0.132. The second-order valence-electron chi connectivity index (χ2n) is 6.55. The zero-order valence-electron chi connectivity index (χ0n) is 13.8. The molecule has 0 bridgehead atoms. The normalized spacial score (nSPS) is 21.2. The van der Waals surface area contributed by atoms with Gasteiger partial charge >= 0.3 is 0 Å². The summed E-state index contributed by atoms with van der Waals surface area (Å²) in [6.07, 6.45) is 4.30. The number of amides is 2. The Morgan fingerprint density at radius 1 is 1.17 bits per heavy atom. The van der Waals surface area contributed by atoms with E-state index in [1.807, 2.05) is 17.0 Å². The first-order valence-electron chi connectivity index (χ1n) is 8.67. The van der Waals surface area contributed by atoms with E-state index in [1.54, 1.807) is 0 Å². The molecule has 5 nitrogen and oxygen atoms in total. The van der Waals surface area contributed by atoms with Gasteiger partial charge in [0, 0.05) is 23.6 Å². The smallest absolute Gasteiger partial charge is 0.241 e. The molecule has 24 heavy (non-hydrogen) atoms. The second-order valence-corrected chi connectivity index (χ2v) is 7.46. The number of halogens is 1. The monoisotopic (exact) mass is 393 g/mol. The highest BCUT2D eigenvalue weighted by Gasteiger charge is 2.28. The van der Waals surface area contributed by atoms with Gasteiger partial charge in [-0.15, -0.1) is 0 Å². The molecule has 2 aliphatic heterocycles. The van der Waals surface area contributed by atoms with E-state index < -0.39 is 0 Å². The molecule has 2 saturated heterocycles. The number of carbonyl (C=O) groups is 2. The Bertz CT molecular complexity index is 602. The fourth-order valence-corrected chi connectivity index (χ4v) is 4.02. The van der Waals surface area contributed by atoms with Gasteiger partial charge in [-0.1, -0.05) is 28.1 Å². The fourth-order valence-electron chi connectivity index (χ4n) is 3.60. The van der Waals surface area contributed by atoms with E-state index in [2.05, 4.69) is 38.3 Å². The summed E-state index contributed by atoms with van der Waals surface area (Å²) in [5.41, 5.74) is 1.24. The maximum absolute atomic E-state index is 12.2. The van der Waals surface area contributed by atoms with Crippen LogP contribution in [0.25, 0.3) is 0 Å². The second kappa shape index (κ2) is 8.12. The van der Waals surface area contributed by atoms with Crippen molar-refractivity contribution in [2.24, 2.45) is 0 Å². The summed E-state index contributed by atoms with van der Waals surface area (Å²) in [6, 6.07) is 8.56. The third-order valence-electron chi connectivity index (χ3n) is 4.84. The van der Waals surface area contributed by atoms with Gasteiger partial charge in [-0.05, 0) is 49.9 Å². The maximum Gasteiger partial charge on any atom is 0.241 e. The number of hydrogen-bond donors (Lipinski definition) is 1. The number of benzene rings is 1. The third kappa shape index (κ3) is 4.36. The minimum atomic E-state index is -0.0653. The molecule has 0 radical (unpaired) electrons. The summed E-state index contributed by atoms with van der Waals surface area (Å²) in [4.78, 5) is 28.3. The van der Waals surface area contributed by atoms with Crippen molar-refractivity contribution in [1.82, 2.24) is 15.1 Å². The van der Waals surface area contributed by atoms with Crippen LogP contribution in [0.15, 0.2) is 28.7 Å². The Labute approximate surface area is 151 Å². The largest absolute Gasteiger partial charge is 0.346 e. The first kappa shape index (κ1) is 17.4. The lowest BCUT2D eigenvalue weighted by Gasteiger charge is -2.24. The van der Waals surface area contributed by atoms with Crippen LogP contribution in [-0.2, 0) is 9.59 Å². The van der Waals surface area contributed by atoms with E-state index >= 15 is 0 Å². The van der Waals surface area contributed by atoms with Crippen LogP contribution in [0.4, 0.5) is 0 Å². The number of carbonyl (C=O) groups excluding carboxylic acids is 2. The van der Waals surface area contributed by atoms with E-state index in [0.29, 0.717) is 6.54 Å². The average Bonchev–Trinajstić information content (AvgIpc) is 3.24. The van der Waals surface area contributed by atoms with Crippen LogP contribution in [0.5, 0.6) is 0 Å².